The number of nitrogens with one attached hydrogen (secondary N) is 1. The fourth-order valence-corrected chi connectivity index (χ4v) is 5.82. The molecule has 3 aromatic heterocycles. The molecule has 5 rings (SSSR count). The van der Waals surface area contributed by atoms with Gasteiger partial charge >= 0.3 is 11.9 Å². The predicted molar refractivity (Wildman–Crippen MR) is 154 cm³/mol. The number of rotatable bonds is 9. The van der Waals surface area contributed by atoms with Gasteiger partial charge in [-0.1, -0.05) is 12.8 Å². The molecular formula is C29H35F2N7O4. The molecule has 2 aliphatic rings. The van der Waals surface area contributed by atoms with Gasteiger partial charge in [0.15, 0.2) is 5.78 Å². The van der Waals surface area contributed by atoms with Crippen molar-refractivity contribution < 1.29 is 23.1 Å². The van der Waals surface area contributed by atoms with Crippen molar-refractivity contribution in [1.82, 2.24) is 24.4 Å². The van der Waals surface area contributed by atoms with E-state index in [-0.39, 0.29) is 35.5 Å². The Bertz CT molecular complexity index is 1530. The van der Waals surface area contributed by atoms with Gasteiger partial charge in [-0.3, -0.25) is 19.1 Å². The first kappa shape index (κ1) is 29.5. The summed E-state index contributed by atoms with van der Waals surface area (Å²) < 4.78 is 34.4. The molecule has 0 spiro atoms. The molecule has 1 aliphatic carbocycles. The Morgan fingerprint density at radius 2 is 1.81 bits per heavy atom. The predicted octanol–water partition coefficient (Wildman–Crippen LogP) is 3.88. The highest BCUT2D eigenvalue weighted by atomic mass is 19.3. The average Bonchev–Trinajstić information content (AvgIpc) is 3.48. The topological polar surface area (TPSA) is 123 Å². The van der Waals surface area contributed by atoms with E-state index >= 15 is 0 Å². The molecular weight excluding hydrogens is 548 g/mol. The van der Waals surface area contributed by atoms with E-state index < -0.39 is 18.4 Å². The van der Waals surface area contributed by atoms with Crippen LogP contribution >= 0.6 is 0 Å². The minimum absolute atomic E-state index is 0.0179. The van der Waals surface area contributed by atoms with E-state index in [1.54, 1.807) is 34.9 Å². The lowest BCUT2D eigenvalue weighted by Gasteiger charge is -2.36. The Balaban J connectivity index is 1.29. The van der Waals surface area contributed by atoms with Crippen LogP contribution in [0, 0.1) is 6.92 Å². The van der Waals surface area contributed by atoms with Crippen molar-refractivity contribution in [2.45, 2.75) is 58.4 Å². The van der Waals surface area contributed by atoms with E-state index in [4.69, 9.17) is 4.98 Å². The second kappa shape index (κ2) is 12.1. The first-order valence-electron chi connectivity index (χ1n) is 14.3. The Hall–Kier alpha value is -4.00. The molecule has 224 valence electrons. The van der Waals surface area contributed by atoms with Crippen molar-refractivity contribution in [3.05, 3.63) is 46.0 Å². The molecule has 3 aromatic rings. The van der Waals surface area contributed by atoms with E-state index in [1.165, 1.54) is 13.8 Å². The molecule has 11 nitrogen and oxygen atoms in total. The van der Waals surface area contributed by atoms with Crippen LogP contribution in [0.3, 0.4) is 0 Å². The number of alkyl halides is 2. The molecule has 4 heterocycles. The van der Waals surface area contributed by atoms with Crippen LogP contribution in [-0.2, 0) is 9.53 Å². The van der Waals surface area contributed by atoms with Crippen molar-refractivity contribution in [3.8, 4) is 0 Å². The van der Waals surface area contributed by atoms with Gasteiger partial charge in [-0.05, 0) is 51.3 Å². The van der Waals surface area contributed by atoms with Gasteiger partial charge in [0.2, 0.25) is 5.95 Å². The largest absolute Gasteiger partial charge is 0.462 e. The van der Waals surface area contributed by atoms with E-state index in [1.807, 2.05) is 11.0 Å². The summed E-state index contributed by atoms with van der Waals surface area (Å²) in [5.74, 6) is -4.53. The molecule has 1 N–H and O–H groups in total. The summed E-state index contributed by atoms with van der Waals surface area (Å²) in [6.07, 6.45) is 7.06. The third kappa shape index (κ3) is 5.96. The molecule has 13 heteroatoms. The maximum Gasteiger partial charge on any atom is 0.378 e. The minimum Gasteiger partial charge on any atom is -0.462 e. The number of piperazine rings is 1. The standard InChI is InChI=1S/C29H35F2N7O4/c1-4-42-27(41)29(30,31)17-36-11-13-37(14-12-36)21-9-10-23(32-15-21)34-28-33-16-22-18(2)24(19(3)39)26(40)38(25(22)35-28)20-7-5-6-8-20/h9-10,15-16,20H,4-8,11-14,17H2,1-3H3,(H,32,33,34,35). The smallest absolute Gasteiger partial charge is 0.378 e. The Labute approximate surface area is 241 Å². The Morgan fingerprint density at radius 1 is 1.10 bits per heavy atom. The zero-order valence-corrected chi connectivity index (χ0v) is 24.0. The number of ether oxygens (including phenoxy) is 1. The third-order valence-corrected chi connectivity index (χ3v) is 7.97. The molecule has 0 radical (unpaired) electrons. The van der Waals surface area contributed by atoms with Gasteiger partial charge in [0.25, 0.3) is 5.56 Å². The summed E-state index contributed by atoms with van der Waals surface area (Å²) in [7, 11) is 0. The number of aromatic nitrogens is 4. The fraction of sp³-hybridized carbons (Fsp3) is 0.517. The summed E-state index contributed by atoms with van der Waals surface area (Å²) >= 11 is 0. The van der Waals surface area contributed by atoms with E-state index in [2.05, 4.69) is 20.0 Å². The lowest BCUT2D eigenvalue weighted by Crippen LogP contribution is -2.52. The second-order valence-electron chi connectivity index (χ2n) is 10.8. The second-order valence-corrected chi connectivity index (χ2v) is 10.8. The van der Waals surface area contributed by atoms with Crippen molar-refractivity contribution in [2.24, 2.45) is 0 Å². The zero-order valence-electron chi connectivity index (χ0n) is 24.0. The lowest BCUT2D eigenvalue weighted by molar-refractivity contribution is -0.174. The van der Waals surface area contributed by atoms with Gasteiger partial charge < -0.3 is 15.0 Å². The maximum atomic E-state index is 14.1. The van der Waals surface area contributed by atoms with Gasteiger partial charge in [0, 0.05) is 43.8 Å². The molecule has 1 saturated carbocycles. The number of halogens is 2. The molecule has 42 heavy (non-hydrogen) atoms. The van der Waals surface area contributed by atoms with Crippen LogP contribution < -0.4 is 15.8 Å². The maximum absolute atomic E-state index is 14.1. The number of ketones is 1. The van der Waals surface area contributed by atoms with Crippen LogP contribution in [0.5, 0.6) is 0 Å². The SMILES string of the molecule is CCOC(=O)C(F)(F)CN1CCN(c2ccc(Nc3ncc4c(C)c(C(C)=O)c(=O)n(C5CCCC5)c4n3)nc2)CC1. The molecule has 2 fully saturated rings. The van der Waals surface area contributed by atoms with Crippen molar-refractivity contribution in [2.75, 3.05) is 49.5 Å². The van der Waals surface area contributed by atoms with Crippen LogP contribution in [0.15, 0.2) is 29.3 Å². The zero-order chi connectivity index (χ0) is 30.0. The fourth-order valence-electron chi connectivity index (χ4n) is 5.82. The number of esters is 1. The normalized spacial score (nSPS) is 16.6. The van der Waals surface area contributed by atoms with Crippen molar-refractivity contribution in [3.63, 3.8) is 0 Å². The summed E-state index contributed by atoms with van der Waals surface area (Å²) in [6, 6.07) is 3.63. The third-order valence-electron chi connectivity index (χ3n) is 7.97. The number of carbonyl (C=O) groups is 2. The van der Waals surface area contributed by atoms with Gasteiger partial charge in [0.1, 0.15) is 11.5 Å². The summed E-state index contributed by atoms with van der Waals surface area (Å²) in [6.45, 7) is 5.64. The number of hydrogen-bond donors (Lipinski definition) is 1. The highest BCUT2D eigenvalue weighted by Gasteiger charge is 2.42. The molecule has 0 bridgehead atoms. The van der Waals surface area contributed by atoms with Crippen LogP contribution in [-0.4, -0.2) is 81.4 Å². The molecule has 1 saturated heterocycles. The van der Waals surface area contributed by atoms with E-state index in [0.717, 1.165) is 31.4 Å². The molecule has 0 atom stereocenters. The number of Topliss-reactive ketones (excluding diaryl/α,β-unsaturated/α-hetero) is 1. The summed E-state index contributed by atoms with van der Waals surface area (Å²) in [5.41, 5.74) is 1.78. The lowest BCUT2D eigenvalue weighted by atomic mass is 10.0. The van der Waals surface area contributed by atoms with Crippen LogP contribution in [0.1, 0.15) is 61.5 Å². The molecule has 0 unspecified atom stereocenters. The Kier molecular flexibility index (Phi) is 8.48. The van der Waals surface area contributed by atoms with E-state index in [0.29, 0.717) is 48.6 Å². The van der Waals surface area contributed by atoms with Gasteiger partial charge in [-0.15, -0.1) is 0 Å². The Morgan fingerprint density at radius 3 is 2.43 bits per heavy atom. The minimum atomic E-state index is -3.54. The van der Waals surface area contributed by atoms with Crippen molar-refractivity contribution in [1.29, 1.82) is 0 Å². The number of aryl methyl sites for hydroxylation is 1. The molecule has 0 amide bonds. The highest BCUT2D eigenvalue weighted by Crippen LogP contribution is 2.32. The van der Waals surface area contributed by atoms with E-state index in [9.17, 15) is 23.2 Å². The number of hydrogen-bond acceptors (Lipinski definition) is 10. The van der Waals surface area contributed by atoms with Crippen LogP contribution in [0.25, 0.3) is 11.0 Å². The summed E-state index contributed by atoms with van der Waals surface area (Å²) in [5, 5.41) is 3.77. The van der Waals surface area contributed by atoms with Gasteiger partial charge in [-0.25, -0.2) is 14.8 Å². The number of fused-ring (bicyclic) bond motifs is 1. The van der Waals surface area contributed by atoms with Crippen LogP contribution in [0.2, 0.25) is 0 Å². The first-order valence-corrected chi connectivity index (χ1v) is 14.3. The highest BCUT2D eigenvalue weighted by molar-refractivity contribution is 5.99. The monoisotopic (exact) mass is 583 g/mol. The van der Waals surface area contributed by atoms with Crippen molar-refractivity contribution >= 4 is 40.2 Å². The van der Waals surface area contributed by atoms with Crippen LogP contribution in [0.4, 0.5) is 26.2 Å². The average molecular weight is 584 g/mol. The number of carbonyl (C=O) groups excluding carboxylic acids is 2. The van der Waals surface area contributed by atoms with Gasteiger partial charge in [-0.2, -0.15) is 13.8 Å². The quantitative estimate of drug-likeness (QED) is 0.293. The molecule has 0 aromatic carbocycles. The molecule has 1 aliphatic heterocycles. The first-order chi connectivity index (χ1) is 20.1. The number of pyridine rings is 2. The number of anilines is 3. The van der Waals surface area contributed by atoms with Gasteiger partial charge in [0.05, 0.1) is 30.6 Å². The summed E-state index contributed by atoms with van der Waals surface area (Å²) in [4.78, 5) is 54.5. The number of nitrogens with zero attached hydrogens (tertiary/aromatic N) is 6.